The molecule has 2 saturated carbocycles. The van der Waals surface area contributed by atoms with Crippen molar-refractivity contribution in [3.05, 3.63) is 0 Å². The highest BCUT2D eigenvalue weighted by Gasteiger charge is 2.66. The summed E-state index contributed by atoms with van der Waals surface area (Å²) in [7, 11) is 0. The molecule has 2 nitrogen and oxygen atoms in total. The maximum absolute atomic E-state index is 8.99. The Morgan fingerprint density at radius 1 is 1.15 bits per heavy atom. The van der Waals surface area contributed by atoms with Gasteiger partial charge >= 0.3 is 0 Å². The quantitative estimate of drug-likeness (QED) is 0.452. The smallest absolute Gasteiger partial charge is 0.0640 e. The lowest BCUT2D eigenvalue weighted by Gasteiger charge is -2.38. The first-order chi connectivity index (χ1) is 5.87. The van der Waals surface area contributed by atoms with Gasteiger partial charge < -0.3 is 5.21 Å². The summed E-state index contributed by atoms with van der Waals surface area (Å²) in [6.45, 7) is 9.22. The van der Waals surface area contributed by atoms with E-state index in [2.05, 4.69) is 32.9 Å². The fourth-order valence-electron chi connectivity index (χ4n) is 3.34. The van der Waals surface area contributed by atoms with Gasteiger partial charge in [-0.05, 0) is 30.1 Å². The number of oxime groups is 1. The number of hydrogen-bond donors (Lipinski definition) is 1. The van der Waals surface area contributed by atoms with Crippen molar-refractivity contribution in [1.29, 1.82) is 0 Å². The average Bonchev–Trinajstić information content (AvgIpc) is 2.32. The van der Waals surface area contributed by atoms with Gasteiger partial charge in [0.25, 0.3) is 0 Å². The topological polar surface area (TPSA) is 32.6 Å². The van der Waals surface area contributed by atoms with Crippen LogP contribution in [0.1, 0.15) is 47.0 Å². The lowest BCUT2D eigenvalue weighted by Crippen LogP contribution is -2.34. The molecule has 1 N–H and O–H groups in total. The van der Waals surface area contributed by atoms with E-state index in [1.165, 1.54) is 12.8 Å². The molecule has 74 valence electrons. The van der Waals surface area contributed by atoms with Crippen LogP contribution in [0.5, 0.6) is 0 Å². The van der Waals surface area contributed by atoms with Crippen LogP contribution in [-0.2, 0) is 0 Å². The van der Waals surface area contributed by atoms with Crippen LogP contribution in [-0.4, -0.2) is 10.9 Å². The summed E-state index contributed by atoms with van der Waals surface area (Å²) in [5.41, 5.74) is 1.78. The van der Waals surface area contributed by atoms with Gasteiger partial charge in [0.15, 0.2) is 0 Å². The molecule has 13 heavy (non-hydrogen) atoms. The third-order valence-electron chi connectivity index (χ3n) is 5.38. The van der Waals surface area contributed by atoms with E-state index < -0.39 is 0 Å². The Morgan fingerprint density at radius 2 is 1.77 bits per heavy atom. The zero-order valence-corrected chi connectivity index (χ0v) is 9.02. The highest BCUT2D eigenvalue weighted by Crippen LogP contribution is 2.70. The molecule has 0 aliphatic heterocycles. The van der Waals surface area contributed by atoms with E-state index in [4.69, 9.17) is 5.21 Å². The summed E-state index contributed by atoms with van der Waals surface area (Å²) in [6.07, 6.45) is 3.43. The fourth-order valence-corrected chi connectivity index (χ4v) is 3.34. The largest absolute Gasteiger partial charge is 0.411 e. The molecular formula is C11H19NO. The van der Waals surface area contributed by atoms with Crippen molar-refractivity contribution in [3.8, 4) is 0 Å². The van der Waals surface area contributed by atoms with E-state index in [0.29, 0.717) is 5.41 Å². The minimum atomic E-state index is 0.135. The van der Waals surface area contributed by atoms with Crippen molar-refractivity contribution in [2.75, 3.05) is 0 Å². The highest BCUT2D eigenvalue weighted by atomic mass is 16.4. The summed E-state index contributed by atoms with van der Waals surface area (Å²) in [5, 5.41) is 12.5. The first-order valence-corrected chi connectivity index (χ1v) is 5.09. The third-order valence-corrected chi connectivity index (χ3v) is 5.38. The van der Waals surface area contributed by atoms with Gasteiger partial charge in [0.1, 0.15) is 0 Å². The number of nitrogens with zero attached hydrogens (tertiary/aromatic N) is 1. The summed E-state index contributed by atoms with van der Waals surface area (Å²) in [4.78, 5) is 0. The fraction of sp³-hybridized carbons (Fsp3) is 0.909. The van der Waals surface area contributed by atoms with E-state index in [-0.39, 0.29) is 10.8 Å². The van der Waals surface area contributed by atoms with Crippen molar-refractivity contribution in [1.82, 2.24) is 0 Å². The van der Waals surface area contributed by atoms with Crippen LogP contribution >= 0.6 is 0 Å². The minimum Gasteiger partial charge on any atom is -0.411 e. The average molecular weight is 181 g/mol. The lowest BCUT2D eigenvalue weighted by molar-refractivity contribution is 0.111. The van der Waals surface area contributed by atoms with Crippen molar-refractivity contribution in [2.45, 2.75) is 47.0 Å². The van der Waals surface area contributed by atoms with Crippen molar-refractivity contribution >= 4 is 5.71 Å². The molecule has 2 fully saturated rings. The zero-order chi connectivity index (χ0) is 9.91. The molecule has 2 aliphatic rings. The number of hydrogen-bond acceptors (Lipinski definition) is 2. The number of rotatable bonds is 0. The molecule has 2 heteroatoms. The Kier molecular flexibility index (Phi) is 1.46. The van der Waals surface area contributed by atoms with Crippen LogP contribution in [0.25, 0.3) is 0 Å². The van der Waals surface area contributed by atoms with Gasteiger partial charge in [0.05, 0.1) is 5.71 Å². The summed E-state index contributed by atoms with van der Waals surface area (Å²) in [6, 6.07) is 0. The Morgan fingerprint density at radius 3 is 2.00 bits per heavy atom. The first kappa shape index (κ1) is 9.04. The van der Waals surface area contributed by atoms with Crippen molar-refractivity contribution in [3.63, 3.8) is 0 Å². The molecule has 0 amide bonds. The van der Waals surface area contributed by atoms with Gasteiger partial charge in [0.2, 0.25) is 0 Å². The van der Waals surface area contributed by atoms with Gasteiger partial charge in [-0.2, -0.15) is 0 Å². The van der Waals surface area contributed by atoms with E-state index in [0.717, 1.165) is 12.1 Å². The molecule has 0 aromatic heterocycles. The van der Waals surface area contributed by atoms with Crippen LogP contribution in [0.15, 0.2) is 5.16 Å². The molecule has 2 bridgehead atoms. The molecule has 0 heterocycles. The molecule has 0 aromatic carbocycles. The molecule has 2 atom stereocenters. The monoisotopic (exact) mass is 181 g/mol. The molecule has 2 unspecified atom stereocenters. The van der Waals surface area contributed by atoms with Crippen LogP contribution < -0.4 is 0 Å². The molecule has 0 radical (unpaired) electrons. The Hall–Kier alpha value is -0.530. The zero-order valence-electron chi connectivity index (χ0n) is 9.02. The lowest BCUT2D eigenvalue weighted by atomic mass is 9.66. The van der Waals surface area contributed by atoms with Crippen LogP contribution in [0.3, 0.4) is 0 Å². The normalized spacial score (nSPS) is 50.3. The maximum Gasteiger partial charge on any atom is 0.0640 e. The second-order valence-electron chi connectivity index (χ2n) is 5.74. The van der Waals surface area contributed by atoms with Crippen molar-refractivity contribution in [2.24, 2.45) is 21.4 Å². The standard InChI is InChI=1S/C11H19NO/c1-9(2)10(3)5-6-11(9,4)8(7-10)12-13/h13H,5-7H2,1-4H3. The van der Waals surface area contributed by atoms with Crippen LogP contribution in [0.2, 0.25) is 0 Å². The first-order valence-electron chi connectivity index (χ1n) is 5.09. The van der Waals surface area contributed by atoms with Gasteiger partial charge in [0, 0.05) is 5.41 Å². The summed E-state index contributed by atoms with van der Waals surface area (Å²) >= 11 is 0. The Bertz CT molecular complexity index is 282. The predicted octanol–water partition coefficient (Wildman–Crippen LogP) is 3.05. The summed E-state index contributed by atoms with van der Waals surface area (Å²) < 4.78 is 0. The van der Waals surface area contributed by atoms with Crippen LogP contribution in [0.4, 0.5) is 0 Å². The maximum atomic E-state index is 8.99. The molecule has 0 spiro atoms. The second kappa shape index (κ2) is 2.10. The molecule has 0 aromatic rings. The summed E-state index contributed by atoms with van der Waals surface area (Å²) in [5.74, 6) is 0. The van der Waals surface area contributed by atoms with E-state index >= 15 is 0 Å². The Balaban J connectivity index is 2.55. The van der Waals surface area contributed by atoms with Gasteiger partial charge in [-0.25, -0.2) is 0 Å². The van der Waals surface area contributed by atoms with Gasteiger partial charge in [-0.15, -0.1) is 0 Å². The van der Waals surface area contributed by atoms with Gasteiger partial charge in [-0.1, -0.05) is 32.9 Å². The third kappa shape index (κ3) is 0.733. The predicted molar refractivity (Wildman–Crippen MR) is 53.1 cm³/mol. The minimum absolute atomic E-state index is 0.135. The van der Waals surface area contributed by atoms with Crippen LogP contribution in [0, 0.1) is 16.2 Å². The van der Waals surface area contributed by atoms with E-state index in [1.807, 2.05) is 0 Å². The van der Waals surface area contributed by atoms with E-state index in [9.17, 15) is 0 Å². The molecule has 2 rings (SSSR count). The van der Waals surface area contributed by atoms with Gasteiger partial charge in [-0.3, -0.25) is 0 Å². The second-order valence-corrected chi connectivity index (χ2v) is 5.74. The Labute approximate surface area is 80.0 Å². The molecule has 2 aliphatic carbocycles. The number of fused-ring (bicyclic) bond motifs is 2. The molecule has 0 saturated heterocycles. The van der Waals surface area contributed by atoms with Crippen molar-refractivity contribution < 1.29 is 5.21 Å². The SMILES string of the molecule is CC12CCC(C)(C(=NO)C1)C2(C)C. The highest BCUT2D eigenvalue weighted by molar-refractivity contribution is 5.94. The molecular weight excluding hydrogens is 162 g/mol. The van der Waals surface area contributed by atoms with E-state index in [1.54, 1.807) is 0 Å².